The molecule has 0 bridgehead atoms. The summed E-state index contributed by atoms with van der Waals surface area (Å²) in [5.74, 6) is 0. The molecule has 1 heterocycles. The number of hydrogen-bond acceptors (Lipinski definition) is 3. The van der Waals surface area contributed by atoms with Crippen molar-refractivity contribution in [3.05, 3.63) is 36.0 Å². The summed E-state index contributed by atoms with van der Waals surface area (Å²) in [5.41, 5.74) is 1.93. The van der Waals surface area contributed by atoms with Crippen LogP contribution in [0.4, 0.5) is 4.79 Å². The van der Waals surface area contributed by atoms with E-state index in [1.807, 2.05) is 46.0 Å². The molecule has 0 aliphatic rings. The van der Waals surface area contributed by atoms with Gasteiger partial charge in [0.1, 0.15) is 5.60 Å². The summed E-state index contributed by atoms with van der Waals surface area (Å²) >= 11 is 0. The predicted octanol–water partition coefficient (Wildman–Crippen LogP) is 3.51. The van der Waals surface area contributed by atoms with E-state index >= 15 is 0 Å². The van der Waals surface area contributed by atoms with Gasteiger partial charge in [-0.2, -0.15) is 0 Å². The predicted molar refractivity (Wildman–Crippen MR) is 93.5 cm³/mol. The number of H-pyrrole nitrogens is 1. The molecule has 1 amide bonds. The molecule has 5 nitrogen and oxygen atoms in total. The SMILES string of the molecule is CCN(CCNCc1c[nH]c2ccccc12)C(=O)OC(C)(C)C. The fourth-order valence-electron chi connectivity index (χ4n) is 2.42. The van der Waals surface area contributed by atoms with Gasteiger partial charge in [0.25, 0.3) is 0 Å². The third-order valence-electron chi connectivity index (χ3n) is 3.58. The van der Waals surface area contributed by atoms with Crippen molar-refractivity contribution < 1.29 is 9.53 Å². The van der Waals surface area contributed by atoms with Crippen LogP contribution in [0.1, 0.15) is 33.3 Å². The van der Waals surface area contributed by atoms with E-state index in [4.69, 9.17) is 4.74 Å². The molecule has 2 rings (SSSR count). The Morgan fingerprint density at radius 3 is 2.74 bits per heavy atom. The topological polar surface area (TPSA) is 57.4 Å². The highest BCUT2D eigenvalue weighted by Gasteiger charge is 2.20. The third-order valence-corrected chi connectivity index (χ3v) is 3.58. The van der Waals surface area contributed by atoms with Gasteiger partial charge < -0.3 is 19.9 Å². The molecule has 23 heavy (non-hydrogen) atoms. The maximum atomic E-state index is 12.1. The second-order valence-corrected chi connectivity index (χ2v) is 6.60. The molecule has 0 aliphatic carbocycles. The van der Waals surface area contributed by atoms with Gasteiger partial charge in [-0.05, 0) is 39.3 Å². The minimum Gasteiger partial charge on any atom is -0.444 e. The lowest BCUT2D eigenvalue weighted by Gasteiger charge is -2.26. The number of carbonyl (C=O) groups is 1. The first-order valence-corrected chi connectivity index (χ1v) is 8.14. The largest absolute Gasteiger partial charge is 0.444 e. The highest BCUT2D eigenvalue weighted by atomic mass is 16.6. The summed E-state index contributed by atoms with van der Waals surface area (Å²) in [6, 6.07) is 8.25. The number of hydrogen-bond donors (Lipinski definition) is 2. The number of nitrogens with one attached hydrogen (secondary N) is 2. The normalized spacial score (nSPS) is 11.7. The number of carbonyl (C=O) groups excluding carboxylic acids is 1. The standard InChI is InChI=1S/C18H27N3O2/c1-5-21(17(22)23-18(2,3)4)11-10-19-12-14-13-20-16-9-7-6-8-15(14)16/h6-9,13,19-20H,5,10-12H2,1-4H3. The van der Waals surface area contributed by atoms with Gasteiger partial charge in [-0.15, -0.1) is 0 Å². The Balaban J connectivity index is 1.80. The van der Waals surface area contributed by atoms with Crippen molar-refractivity contribution in [3.8, 4) is 0 Å². The quantitative estimate of drug-likeness (QED) is 0.802. The van der Waals surface area contributed by atoms with Crippen LogP contribution in [0.5, 0.6) is 0 Å². The van der Waals surface area contributed by atoms with Crippen molar-refractivity contribution in [3.63, 3.8) is 0 Å². The minimum atomic E-state index is -0.456. The molecular weight excluding hydrogens is 290 g/mol. The fraction of sp³-hybridized carbons (Fsp3) is 0.500. The number of para-hydroxylation sites is 1. The van der Waals surface area contributed by atoms with E-state index in [1.54, 1.807) is 4.90 Å². The smallest absolute Gasteiger partial charge is 0.410 e. The van der Waals surface area contributed by atoms with Crippen molar-refractivity contribution in [1.82, 2.24) is 15.2 Å². The summed E-state index contributed by atoms with van der Waals surface area (Å²) in [6.45, 7) is 10.4. The average molecular weight is 317 g/mol. The van der Waals surface area contributed by atoms with E-state index < -0.39 is 5.60 Å². The zero-order valence-electron chi connectivity index (χ0n) is 14.5. The van der Waals surface area contributed by atoms with E-state index in [1.165, 1.54) is 10.9 Å². The van der Waals surface area contributed by atoms with E-state index in [-0.39, 0.29) is 6.09 Å². The summed E-state index contributed by atoms with van der Waals surface area (Å²) in [7, 11) is 0. The van der Waals surface area contributed by atoms with Crippen LogP contribution in [0.2, 0.25) is 0 Å². The van der Waals surface area contributed by atoms with Crippen LogP contribution in [0.25, 0.3) is 10.9 Å². The van der Waals surface area contributed by atoms with Crippen LogP contribution < -0.4 is 5.32 Å². The first-order valence-electron chi connectivity index (χ1n) is 8.14. The fourth-order valence-corrected chi connectivity index (χ4v) is 2.42. The molecule has 2 aromatic rings. The van der Waals surface area contributed by atoms with Crippen LogP contribution in [0.15, 0.2) is 30.5 Å². The van der Waals surface area contributed by atoms with Crippen LogP contribution in [0, 0.1) is 0 Å². The van der Waals surface area contributed by atoms with E-state index in [9.17, 15) is 4.79 Å². The van der Waals surface area contributed by atoms with Gasteiger partial charge in [0.05, 0.1) is 0 Å². The first kappa shape index (κ1) is 17.3. The molecule has 1 aromatic heterocycles. The van der Waals surface area contributed by atoms with Gasteiger partial charge in [0.15, 0.2) is 0 Å². The van der Waals surface area contributed by atoms with E-state index in [0.717, 1.165) is 18.6 Å². The van der Waals surface area contributed by atoms with E-state index in [0.29, 0.717) is 13.1 Å². The molecule has 0 aliphatic heterocycles. The number of aromatic nitrogens is 1. The Kier molecular flexibility index (Phi) is 5.66. The van der Waals surface area contributed by atoms with Gasteiger partial charge in [-0.1, -0.05) is 18.2 Å². The van der Waals surface area contributed by atoms with Crippen molar-refractivity contribution in [2.24, 2.45) is 0 Å². The molecule has 0 saturated carbocycles. The number of likely N-dealkylation sites (N-methyl/N-ethyl adjacent to an activating group) is 1. The number of fused-ring (bicyclic) bond motifs is 1. The first-order chi connectivity index (χ1) is 10.9. The lowest BCUT2D eigenvalue weighted by molar-refractivity contribution is 0.0262. The van der Waals surface area contributed by atoms with E-state index in [2.05, 4.69) is 22.4 Å². The molecular formula is C18H27N3O2. The van der Waals surface area contributed by atoms with Crippen molar-refractivity contribution in [1.29, 1.82) is 0 Å². The maximum Gasteiger partial charge on any atom is 0.410 e. The molecule has 0 spiro atoms. The number of rotatable bonds is 6. The number of aromatic amines is 1. The average Bonchev–Trinajstić information content (AvgIpc) is 2.89. The van der Waals surface area contributed by atoms with Gasteiger partial charge in [0, 0.05) is 43.3 Å². The van der Waals surface area contributed by atoms with Crippen LogP contribution in [-0.2, 0) is 11.3 Å². The second kappa shape index (κ2) is 7.51. The lowest BCUT2D eigenvalue weighted by Crippen LogP contribution is -2.40. The Morgan fingerprint density at radius 1 is 1.30 bits per heavy atom. The Hall–Kier alpha value is -2.01. The van der Waals surface area contributed by atoms with Gasteiger partial charge >= 0.3 is 6.09 Å². The van der Waals surface area contributed by atoms with Crippen molar-refractivity contribution >= 4 is 17.0 Å². The summed E-state index contributed by atoms with van der Waals surface area (Å²) in [5, 5.41) is 4.63. The molecule has 126 valence electrons. The maximum absolute atomic E-state index is 12.1. The van der Waals surface area contributed by atoms with Crippen molar-refractivity contribution in [2.45, 2.75) is 39.8 Å². The number of amides is 1. The highest BCUT2D eigenvalue weighted by Crippen LogP contribution is 2.17. The molecule has 2 N–H and O–H groups in total. The highest BCUT2D eigenvalue weighted by molar-refractivity contribution is 5.82. The molecule has 0 atom stereocenters. The minimum absolute atomic E-state index is 0.256. The number of nitrogens with zero attached hydrogens (tertiary/aromatic N) is 1. The summed E-state index contributed by atoms with van der Waals surface area (Å²) < 4.78 is 5.41. The monoisotopic (exact) mass is 317 g/mol. The number of ether oxygens (including phenoxy) is 1. The molecule has 0 fully saturated rings. The molecule has 0 radical (unpaired) electrons. The molecule has 0 unspecified atom stereocenters. The zero-order valence-corrected chi connectivity index (χ0v) is 14.5. The lowest BCUT2D eigenvalue weighted by atomic mass is 10.2. The Bertz CT molecular complexity index is 643. The van der Waals surface area contributed by atoms with Crippen LogP contribution >= 0.6 is 0 Å². The third kappa shape index (κ3) is 4.99. The summed E-state index contributed by atoms with van der Waals surface area (Å²) in [4.78, 5) is 17.0. The van der Waals surface area contributed by atoms with Crippen molar-refractivity contribution in [2.75, 3.05) is 19.6 Å². The van der Waals surface area contributed by atoms with Gasteiger partial charge in [-0.25, -0.2) is 4.79 Å². The summed E-state index contributed by atoms with van der Waals surface area (Å²) in [6.07, 6.45) is 1.78. The Morgan fingerprint density at radius 2 is 2.04 bits per heavy atom. The molecule has 5 heteroatoms. The van der Waals surface area contributed by atoms with Crippen LogP contribution in [-0.4, -0.2) is 41.2 Å². The van der Waals surface area contributed by atoms with Crippen LogP contribution in [0.3, 0.4) is 0 Å². The van der Waals surface area contributed by atoms with Gasteiger partial charge in [0.2, 0.25) is 0 Å². The Labute approximate surface area is 138 Å². The number of benzene rings is 1. The molecule has 0 saturated heterocycles. The van der Waals surface area contributed by atoms with Gasteiger partial charge in [-0.3, -0.25) is 0 Å². The zero-order chi connectivity index (χ0) is 16.9. The molecule has 1 aromatic carbocycles. The second-order valence-electron chi connectivity index (χ2n) is 6.60.